The number of sulfonamides is 1. The van der Waals surface area contributed by atoms with E-state index in [1.807, 2.05) is 30.1 Å². The summed E-state index contributed by atoms with van der Waals surface area (Å²) in [7, 11) is -0.149. The molecule has 1 amide bonds. The number of benzene rings is 2. The van der Waals surface area contributed by atoms with Gasteiger partial charge in [0, 0.05) is 37.8 Å². The van der Waals surface area contributed by atoms with Gasteiger partial charge in [0.15, 0.2) is 0 Å². The van der Waals surface area contributed by atoms with E-state index in [0.717, 1.165) is 17.8 Å². The minimum atomic E-state index is -3.68. The van der Waals surface area contributed by atoms with Gasteiger partial charge in [-0.15, -0.1) is 0 Å². The van der Waals surface area contributed by atoms with Gasteiger partial charge in [0.05, 0.1) is 29.9 Å². The molecule has 0 aromatic heterocycles. The highest BCUT2D eigenvalue weighted by Gasteiger charge is 2.38. The molecule has 3 aliphatic heterocycles. The number of methoxy groups -OCH3 is 1. The summed E-state index contributed by atoms with van der Waals surface area (Å²) in [6.45, 7) is 2.09. The van der Waals surface area contributed by atoms with Crippen LogP contribution in [-0.4, -0.2) is 65.3 Å². The third-order valence-electron chi connectivity index (χ3n) is 6.54. The fraction of sp³-hybridized carbons (Fsp3) is 0.435. The topological polar surface area (TPSA) is 88.6 Å². The molecule has 0 atom stereocenters. The second kappa shape index (κ2) is 8.42. The van der Waals surface area contributed by atoms with Gasteiger partial charge in [0.2, 0.25) is 10.0 Å². The first-order chi connectivity index (χ1) is 15.9. The molecule has 0 bridgehead atoms. The van der Waals surface area contributed by atoms with Crippen molar-refractivity contribution in [2.45, 2.75) is 30.4 Å². The average molecular weight is 474 g/mol. The maximum absolute atomic E-state index is 13.3. The quantitative estimate of drug-likeness (QED) is 0.675. The first kappa shape index (κ1) is 21.8. The van der Waals surface area contributed by atoms with E-state index in [1.165, 1.54) is 4.31 Å². The Morgan fingerprint density at radius 1 is 1.06 bits per heavy atom. The van der Waals surface area contributed by atoms with Gasteiger partial charge in [-0.1, -0.05) is 12.1 Å². The number of piperidine rings is 1. The van der Waals surface area contributed by atoms with E-state index in [2.05, 4.69) is 0 Å². The van der Waals surface area contributed by atoms with Crippen molar-refractivity contribution in [1.29, 1.82) is 0 Å². The molecule has 10 heteroatoms. The van der Waals surface area contributed by atoms with Crippen molar-refractivity contribution in [3.63, 3.8) is 0 Å². The second-order valence-corrected chi connectivity index (χ2v) is 10.4. The van der Waals surface area contributed by atoms with E-state index in [4.69, 9.17) is 14.2 Å². The molecule has 2 aromatic rings. The molecule has 1 fully saturated rings. The largest absolute Gasteiger partial charge is 0.495 e. The van der Waals surface area contributed by atoms with E-state index in [1.54, 1.807) is 30.2 Å². The SMILES string of the molecule is COc1cccc2c1N(C1CCN(S(=O)(=O)c3ccc4c(c3)OCCN4C)CC1)C(=O)OC2. The van der Waals surface area contributed by atoms with Crippen LogP contribution in [0.25, 0.3) is 0 Å². The lowest BCUT2D eigenvalue weighted by molar-refractivity contribution is 0.135. The van der Waals surface area contributed by atoms with Crippen LogP contribution in [0.15, 0.2) is 41.3 Å². The summed E-state index contributed by atoms with van der Waals surface area (Å²) in [5.41, 5.74) is 2.48. The predicted molar refractivity (Wildman–Crippen MR) is 123 cm³/mol. The van der Waals surface area contributed by atoms with Crippen LogP contribution >= 0.6 is 0 Å². The Morgan fingerprint density at radius 3 is 2.61 bits per heavy atom. The lowest BCUT2D eigenvalue weighted by Gasteiger charge is -2.40. The molecular formula is C23H27N3O6S. The molecule has 3 heterocycles. The molecule has 5 rings (SSSR count). The summed E-state index contributed by atoms with van der Waals surface area (Å²) in [5.74, 6) is 1.19. The molecule has 0 N–H and O–H groups in total. The molecule has 0 radical (unpaired) electrons. The van der Waals surface area contributed by atoms with Crippen molar-refractivity contribution in [3.8, 4) is 11.5 Å². The fourth-order valence-electron chi connectivity index (χ4n) is 4.74. The van der Waals surface area contributed by atoms with Crippen LogP contribution in [-0.2, 0) is 21.4 Å². The van der Waals surface area contributed by atoms with Gasteiger partial charge in [-0.25, -0.2) is 13.2 Å². The average Bonchev–Trinajstić information content (AvgIpc) is 2.83. The number of rotatable bonds is 4. The number of likely N-dealkylation sites (N-methyl/N-ethyl adjacent to an activating group) is 1. The Labute approximate surface area is 193 Å². The number of cyclic esters (lactones) is 1. The van der Waals surface area contributed by atoms with Crippen molar-refractivity contribution in [1.82, 2.24) is 4.31 Å². The maximum Gasteiger partial charge on any atom is 0.415 e. The van der Waals surface area contributed by atoms with Crippen LogP contribution in [0.1, 0.15) is 18.4 Å². The molecule has 1 saturated heterocycles. The molecule has 0 aliphatic carbocycles. The number of hydrogen-bond donors (Lipinski definition) is 0. The van der Waals surface area contributed by atoms with Gasteiger partial charge in [0.25, 0.3) is 0 Å². The zero-order valence-electron chi connectivity index (χ0n) is 18.7. The van der Waals surface area contributed by atoms with E-state index < -0.39 is 16.1 Å². The zero-order valence-corrected chi connectivity index (χ0v) is 19.5. The maximum atomic E-state index is 13.3. The molecule has 3 aliphatic rings. The lowest BCUT2D eigenvalue weighted by Crippen LogP contribution is -2.50. The Balaban J connectivity index is 1.35. The van der Waals surface area contributed by atoms with Crippen LogP contribution in [0.2, 0.25) is 0 Å². The van der Waals surface area contributed by atoms with Crippen LogP contribution in [0.5, 0.6) is 11.5 Å². The summed E-state index contributed by atoms with van der Waals surface area (Å²) in [6.07, 6.45) is 0.565. The number of carbonyl (C=O) groups is 1. The summed E-state index contributed by atoms with van der Waals surface area (Å²) in [6, 6.07) is 10.4. The van der Waals surface area contributed by atoms with Crippen LogP contribution in [0.3, 0.4) is 0 Å². The zero-order chi connectivity index (χ0) is 23.2. The van der Waals surface area contributed by atoms with Crippen LogP contribution < -0.4 is 19.3 Å². The van der Waals surface area contributed by atoms with E-state index >= 15 is 0 Å². The van der Waals surface area contributed by atoms with E-state index in [-0.39, 0.29) is 17.5 Å². The number of fused-ring (bicyclic) bond motifs is 2. The Bertz CT molecular complexity index is 1160. The number of ether oxygens (including phenoxy) is 3. The Kier molecular flexibility index (Phi) is 5.57. The number of carbonyl (C=O) groups excluding carboxylic acids is 1. The first-order valence-electron chi connectivity index (χ1n) is 11.0. The van der Waals surface area contributed by atoms with Crippen molar-refractivity contribution in [3.05, 3.63) is 42.0 Å². The standard InChI is InChI=1S/C23H27N3O6S/c1-24-12-13-31-21-14-18(6-7-19(21)24)33(28,29)25-10-8-17(9-11-25)26-22-16(15-32-23(26)27)4-3-5-20(22)30-2/h3-7,14,17H,8-13,15H2,1-2H3. The van der Waals surface area contributed by atoms with Gasteiger partial charge < -0.3 is 19.1 Å². The second-order valence-electron chi connectivity index (χ2n) is 8.43. The molecular weight excluding hydrogens is 446 g/mol. The number of nitrogens with zero attached hydrogens (tertiary/aromatic N) is 3. The van der Waals surface area contributed by atoms with Crippen LogP contribution in [0.4, 0.5) is 16.2 Å². The van der Waals surface area contributed by atoms with Crippen molar-refractivity contribution >= 4 is 27.5 Å². The molecule has 0 saturated carbocycles. The minimum Gasteiger partial charge on any atom is -0.495 e. The summed E-state index contributed by atoms with van der Waals surface area (Å²) < 4.78 is 44.7. The monoisotopic (exact) mass is 473 g/mol. The molecule has 33 heavy (non-hydrogen) atoms. The highest BCUT2D eigenvalue weighted by atomic mass is 32.2. The number of amides is 1. The van der Waals surface area contributed by atoms with Gasteiger partial charge in [-0.2, -0.15) is 4.31 Å². The van der Waals surface area contributed by atoms with Gasteiger partial charge in [-0.3, -0.25) is 4.90 Å². The summed E-state index contributed by atoms with van der Waals surface area (Å²) in [5, 5.41) is 0. The van der Waals surface area contributed by atoms with Crippen LogP contribution in [0, 0.1) is 0 Å². The minimum absolute atomic E-state index is 0.181. The van der Waals surface area contributed by atoms with Gasteiger partial charge in [0.1, 0.15) is 24.7 Å². The van der Waals surface area contributed by atoms with Gasteiger partial charge >= 0.3 is 6.09 Å². The Hall–Kier alpha value is -2.98. The third-order valence-corrected chi connectivity index (χ3v) is 8.44. The van der Waals surface area contributed by atoms with Gasteiger partial charge in [-0.05, 0) is 31.0 Å². The molecule has 9 nitrogen and oxygen atoms in total. The van der Waals surface area contributed by atoms with E-state index in [0.29, 0.717) is 49.7 Å². The highest BCUT2D eigenvalue weighted by molar-refractivity contribution is 7.89. The third kappa shape index (κ3) is 3.76. The Morgan fingerprint density at radius 2 is 1.85 bits per heavy atom. The molecule has 0 spiro atoms. The predicted octanol–water partition coefficient (Wildman–Crippen LogP) is 2.83. The number of para-hydroxylation sites is 1. The van der Waals surface area contributed by atoms with Crippen molar-refractivity contribution in [2.24, 2.45) is 0 Å². The van der Waals surface area contributed by atoms with E-state index in [9.17, 15) is 13.2 Å². The van der Waals surface area contributed by atoms with Crippen molar-refractivity contribution < 1.29 is 27.4 Å². The fourth-order valence-corrected chi connectivity index (χ4v) is 6.23. The molecule has 0 unspecified atom stereocenters. The normalized spacial score (nSPS) is 19.4. The smallest absolute Gasteiger partial charge is 0.415 e. The first-order valence-corrected chi connectivity index (χ1v) is 12.4. The number of anilines is 2. The highest BCUT2D eigenvalue weighted by Crippen LogP contribution is 2.40. The summed E-state index contributed by atoms with van der Waals surface area (Å²) in [4.78, 5) is 16.6. The number of hydrogen-bond acceptors (Lipinski definition) is 7. The molecule has 2 aromatic carbocycles. The van der Waals surface area contributed by atoms with Crippen molar-refractivity contribution in [2.75, 3.05) is 50.2 Å². The molecule has 176 valence electrons. The summed E-state index contributed by atoms with van der Waals surface area (Å²) >= 11 is 0. The lowest BCUT2D eigenvalue weighted by atomic mass is 10.0.